The summed E-state index contributed by atoms with van der Waals surface area (Å²) >= 11 is 0. The van der Waals surface area contributed by atoms with E-state index in [4.69, 9.17) is 4.74 Å². The molecule has 0 saturated carbocycles. The lowest BCUT2D eigenvalue weighted by atomic mass is 10.1. The highest BCUT2D eigenvalue weighted by Gasteiger charge is 2.23. The molecule has 1 aliphatic rings. The van der Waals surface area contributed by atoms with Gasteiger partial charge in [-0.05, 0) is 18.1 Å². The standard InChI is InChI=1S/C20H26N4O4/c1-21-17(14-19(26)22(2)20(21)27)23-10-12-24(13-11-23)18(25)9-8-15-6-4-5-7-16(15)28-3/h4-7,14H,8-13H2,1-3H3. The van der Waals surface area contributed by atoms with E-state index in [-0.39, 0.29) is 17.2 Å². The van der Waals surface area contributed by atoms with Gasteiger partial charge in [-0.1, -0.05) is 18.2 Å². The van der Waals surface area contributed by atoms with Crippen LogP contribution in [-0.2, 0) is 25.3 Å². The van der Waals surface area contributed by atoms with Gasteiger partial charge in [-0.3, -0.25) is 18.7 Å². The van der Waals surface area contributed by atoms with Crippen LogP contribution >= 0.6 is 0 Å². The monoisotopic (exact) mass is 386 g/mol. The van der Waals surface area contributed by atoms with Crippen LogP contribution in [0.3, 0.4) is 0 Å². The predicted molar refractivity (Wildman–Crippen MR) is 107 cm³/mol. The highest BCUT2D eigenvalue weighted by Crippen LogP contribution is 2.20. The van der Waals surface area contributed by atoms with E-state index in [9.17, 15) is 14.4 Å². The van der Waals surface area contributed by atoms with Crippen molar-refractivity contribution < 1.29 is 9.53 Å². The number of hydrogen-bond donors (Lipinski definition) is 0. The quantitative estimate of drug-likeness (QED) is 0.742. The zero-order chi connectivity index (χ0) is 20.3. The molecule has 1 aromatic carbocycles. The normalized spacial score (nSPS) is 14.2. The van der Waals surface area contributed by atoms with Crippen molar-refractivity contribution in [3.8, 4) is 5.75 Å². The Morgan fingerprint density at radius 3 is 2.39 bits per heavy atom. The molecule has 150 valence electrons. The van der Waals surface area contributed by atoms with Gasteiger partial charge < -0.3 is 14.5 Å². The second-order valence-corrected chi connectivity index (χ2v) is 6.92. The number of carbonyl (C=O) groups excluding carboxylic acids is 1. The molecular formula is C20H26N4O4. The van der Waals surface area contributed by atoms with Gasteiger partial charge in [0.2, 0.25) is 5.91 Å². The van der Waals surface area contributed by atoms with Crippen LogP contribution in [-0.4, -0.2) is 53.2 Å². The fourth-order valence-electron chi connectivity index (χ4n) is 3.52. The van der Waals surface area contributed by atoms with Crippen molar-refractivity contribution in [2.45, 2.75) is 12.8 Å². The number of aryl methyl sites for hydroxylation is 1. The molecule has 8 nitrogen and oxygen atoms in total. The SMILES string of the molecule is COc1ccccc1CCC(=O)N1CCN(c2cc(=O)n(C)c(=O)n2C)CC1. The average molecular weight is 386 g/mol. The largest absolute Gasteiger partial charge is 0.496 e. The zero-order valence-electron chi connectivity index (χ0n) is 16.6. The van der Waals surface area contributed by atoms with E-state index in [0.29, 0.717) is 44.8 Å². The minimum Gasteiger partial charge on any atom is -0.496 e. The molecule has 0 aliphatic carbocycles. The van der Waals surface area contributed by atoms with Gasteiger partial charge in [0.1, 0.15) is 11.6 Å². The summed E-state index contributed by atoms with van der Waals surface area (Å²) in [6.45, 7) is 2.30. The Labute approximate surface area is 163 Å². The lowest BCUT2D eigenvalue weighted by Crippen LogP contribution is -2.51. The number of piperazine rings is 1. The summed E-state index contributed by atoms with van der Waals surface area (Å²) in [5.41, 5.74) is 0.346. The maximum Gasteiger partial charge on any atom is 0.332 e. The minimum absolute atomic E-state index is 0.100. The molecular weight excluding hydrogens is 360 g/mol. The number of ether oxygens (including phenoxy) is 1. The third-order valence-corrected chi connectivity index (χ3v) is 5.26. The number of rotatable bonds is 5. The van der Waals surface area contributed by atoms with Crippen molar-refractivity contribution in [3.63, 3.8) is 0 Å². The summed E-state index contributed by atoms with van der Waals surface area (Å²) in [7, 11) is 4.75. The number of nitrogens with zero attached hydrogens (tertiary/aromatic N) is 4. The van der Waals surface area contributed by atoms with Gasteiger partial charge >= 0.3 is 5.69 Å². The van der Waals surface area contributed by atoms with Crippen molar-refractivity contribution in [1.82, 2.24) is 14.0 Å². The smallest absolute Gasteiger partial charge is 0.332 e. The fraction of sp³-hybridized carbons (Fsp3) is 0.450. The first-order valence-electron chi connectivity index (χ1n) is 9.34. The summed E-state index contributed by atoms with van der Waals surface area (Å²) in [5.74, 6) is 1.49. The van der Waals surface area contributed by atoms with Gasteiger partial charge in [0, 0.05) is 52.8 Å². The molecule has 0 N–H and O–H groups in total. The molecule has 28 heavy (non-hydrogen) atoms. The topological polar surface area (TPSA) is 76.8 Å². The van der Waals surface area contributed by atoms with Crippen molar-refractivity contribution in [2.75, 3.05) is 38.2 Å². The molecule has 1 amide bonds. The number of amides is 1. The third kappa shape index (κ3) is 3.95. The van der Waals surface area contributed by atoms with Crippen LogP contribution < -0.4 is 20.9 Å². The molecule has 0 radical (unpaired) electrons. The van der Waals surface area contributed by atoms with Gasteiger partial charge in [-0.2, -0.15) is 0 Å². The molecule has 2 heterocycles. The Bertz CT molecular complexity index is 971. The van der Waals surface area contributed by atoms with E-state index in [1.165, 1.54) is 17.7 Å². The fourth-order valence-corrected chi connectivity index (χ4v) is 3.52. The number of para-hydroxylation sites is 1. The first-order chi connectivity index (χ1) is 13.4. The molecule has 0 bridgehead atoms. The Kier molecular flexibility index (Phi) is 5.87. The van der Waals surface area contributed by atoms with E-state index in [1.807, 2.05) is 34.1 Å². The van der Waals surface area contributed by atoms with Gasteiger partial charge in [-0.25, -0.2) is 4.79 Å². The molecule has 1 saturated heterocycles. The molecule has 8 heteroatoms. The van der Waals surface area contributed by atoms with Crippen LogP contribution in [0.1, 0.15) is 12.0 Å². The van der Waals surface area contributed by atoms with E-state index < -0.39 is 0 Å². The molecule has 1 aromatic heterocycles. The maximum absolute atomic E-state index is 12.6. The van der Waals surface area contributed by atoms with Crippen LogP contribution in [0.4, 0.5) is 5.82 Å². The number of benzene rings is 1. The summed E-state index contributed by atoms with van der Waals surface area (Å²) in [4.78, 5) is 40.5. The zero-order valence-corrected chi connectivity index (χ0v) is 16.6. The van der Waals surface area contributed by atoms with Crippen molar-refractivity contribution in [1.29, 1.82) is 0 Å². The predicted octanol–water partition coefficient (Wildman–Crippen LogP) is 0.374. The molecule has 0 unspecified atom stereocenters. The van der Waals surface area contributed by atoms with Crippen molar-refractivity contribution >= 4 is 11.7 Å². The van der Waals surface area contributed by atoms with Crippen LogP contribution in [0.15, 0.2) is 39.9 Å². The number of methoxy groups -OCH3 is 1. The molecule has 0 atom stereocenters. The van der Waals surface area contributed by atoms with Crippen molar-refractivity contribution in [3.05, 3.63) is 56.7 Å². The van der Waals surface area contributed by atoms with E-state index in [2.05, 4.69) is 0 Å². The Morgan fingerprint density at radius 2 is 1.71 bits per heavy atom. The van der Waals surface area contributed by atoms with Gasteiger partial charge in [-0.15, -0.1) is 0 Å². The minimum atomic E-state index is -0.349. The van der Waals surface area contributed by atoms with E-state index in [0.717, 1.165) is 15.9 Å². The number of anilines is 1. The van der Waals surface area contributed by atoms with E-state index in [1.54, 1.807) is 14.2 Å². The van der Waals surface area contributed by atoms with Crippen LogP contribution in [0, 0.1) is 0 Å². The average Bonchev–Trinajstić information content (AvgIpc) is 2.73. The molecule has 1 aliphatic heterocycles. The van der Waals surface area contributed by atoms with Gasteiger partial charge in [0.15, 0.2) is 0 Å². The van der Waals surface area contributed by atoms with Crippen LogP contribution in [0.2, 0.25) is 0 Å². The lowest BCUT2D eigenvalue weighted by Gasteiger charge is -2.36. The maximum atomic E-state index is 12.6. The second-order valence-electron chi connectivity index (χ2n) is 6.92. The highest BCUT2D eigenvalue weighted by molar-refractivity contribution is 5.77. The van der Waals surface area contributed by atoms with E-state index >= 15 is 0 Å². The van der Waals surface area contributed by atoms with Gasteiger partial charge in [0.25, 0.3) is 5.56 Å². The van der Waals surface area contributed by atoms with Crippen LogP contribution in [0.5, 0.6) is 5.75 Å². The Morgan fingerprint density at radius 1 is 1.04 bits per heavy atom. The molecule has 2 aromatic rings. The lowest BCUT2D eigenvalue weighted by molar-refractivity contribution is -0.131. The Hall–Kier alpha value is -3.03. The number of hydrogen-bond acceptors (Lipinski definition) is 5. The Balaban J connectivity index is 1.60. The summed E-state index contributed by atoms with van der Waals surface area (Å²) < 4.78 is 7.90. The van der Waals surface area contributed by atoms with Crippen LogP contribution in [0.25, 0.3) is 0 Å². The summed E-state index contributed by atoms with van der Waals surface area (Å²) in [6, 6.07) is 9.19. The first-order valence-corrected chi connectivity index (χ1v) is 9.34. The van der Waals surface area contributed by atoms with Gasteiger partial charge in [0.05, 0.1) is 7.11 Å². The molecule has 1 fully saturated rings. The highest BCUT2D eigenvalue weighted by atomic mass is 16.5. The molecule has 0 spiro atoms. The number of aromatic nitrogens is 2. The third-order valence-electron chi connectivity index (χ3n) is 5.26. The second kappa shape index (κ2) is 8.33. The first kappa shape index (κ1) is 19.7. The summed E-state index contributed by atoms with van der Waals surface area (Å²) in [6.07, 6.45) is 1.05. The van der Waals surface area contributed by atoms with Crippen molar-refractivity contribution in [2.24, 2.45) is 14.1 Å². The molecule has 3 rings (SSSR count). The number of carbonyl (C=O) groups is 1. The summed E-state index contributed by atoms with van der Waals surface area (Å²) in [5, 5.41) is 0.